The highest BCUT2D eigenvalue weighted by atomic mass is 19.1. The van der Waals surface area contributed by atoms with Crippen molar-refractivity contribution in [3.63, 3.8) is 0 Å². The van der Waals surface area contributed by atoms with Gasteiger partial charge in [-0.1, -0.05) is 0 Å². The zero-order valence-electron chi connectivity index (χ0n) is 10.5. The predicted molar refractivity (Wildman–Crippen MR) is 65.1 cm³/mol. The molecule has 0 unspecified atom stereocenters. The summed E-state index contributed by atoms with van der Waals surface area (Å²) in [4.78, 5) is 16.3. The van der Waals surface area contributed by atoms with Crippen LogP contribution in [0.15, 0.2) is 6.07 Å². The van der Waals surface area contributed by atoms with Gasteiger partial charge >= 0.3 is 0 Å². The largest absolute Gasteiger partial charge is 0.381 e. The van der Waals surface area contributed by atoms with E-state index < -0.39 is 17.5 Å². The van der Waals surface area contributed by atoms with Crippen molar-refractivity contribution in [2.75, 3.05) is 24.2 Å². The van der Waals surface area contributed by atoms with Gasteiger partial charge in [0.15, 0.2) is 23.3 Å². The van der Waals surface area contributed by atoms with E-state index in [1.165, 1.54) is 11.9 Å². The Bertz CT molecular complexity index is 451. The van der Waals surface area contributed by atoms with E-state index >= 15 is 0 Å². The van der Waals surface area contributed by atoms with E-state index in [2.05, 4.69) is 10.3 Å². The van der Waals surface area contributed by atoms with Crippen LogP contribution < -0.4 is 16.0 Å². The lowest BCUT2D eigenvalue weighted by molar-refractivity contribution is -0.120. The fourth-order valence-corrected chi connectivity index (χ4v) is 1.40. The van der Waals surface area contributed by atoms with Gasteiger partial charge in [-0.05, 0) is 13.8 Å². The van der Waals surface area contributed by atoms with Crippen molar-refractivity contribution in [2.24, 2.45) is 0 Å². The lowest BCUT2D eigenvalue weighted by atomic mass is 10.3. The molecule has 0 atom stereocenters. The number of pyridine rings is 1. The number of anilines is 2. The SMILES string of the molecule is CC(C)NC(=O)CN(C)c1nc(N)c(F)cc1F. The molecule has 0 spiro atoms. The molecule has 3 N–H and O–H groups in total. The highest BCUT2D eigenvalue weighted by Gasteiger charge is 2.16. The molecule has 18 heavy (non-hydrogen) atoms. The molecule has 0 aliphatic heterocycles. The predicted octanol–water partition coefficient (Wildman–Crippen LogP) is 0.903. The summed E-state index contributed by atoms with van der Waals surface area (Å²) in [5.41, 5.74) is 5.26. The molecule has 1 aromatic heterocycles. The molecule has 1 aromatic rings. The number of halogens is 2. The Hall–Kier alpha value is -1.92. The average Bonchev–Trinajstić information content (AvgIpc) is 2.21. The maximum atomic E-state index is 13.5. The molecule has 5 nitrogen and oxygen atoms in total. The summed E-state index contributed by atoms with van der Waals surface area (Å²) in [6.07, 6.45) is 0. The summed E-state index contributed by atoms with van der Waals surface area (Å²) in [5, 5.41) is 2.65. The Morgan fingerprint density at radius 1 is 1.50 bits per heavy atom. The highest BCUT2D eigenvalue weighted by molar-refractivity contribution is 5.81. The minimum atomic E-state index is -0.920. The molecule has 100 valence electrons. The lowest BCUT2D eigenvalue weighted by Crippen LogP contribution is -2.39. The number of nitrogen functional groups attached to an aromatic ring is 1. The molecular weight excluding hydrogens is 242 g/mol. The second kappa shape index (κ2) is 5.61. The maximum Gasteiger partial charge on any atom is 0.239 e. The number of likely N-dealkylation sites (N-methyl/N-ethyl adjacent to an activating group) is 1. The molecule has 0 bridgehead atoms. The number of nitrogens with one attached hydrogen (secondary N) is 1. The molecule has 1 rings (SSSR count). The number of nitrogens with two attached hydrogens (primary N) is 1. The zero-order valence-corrected chi connectivity index (χ0v) is 10.5. The number of carbonyl (C=O) groups excluding carboxylic acids is 1. The van der Waals surface area contributed by atoms with Crippen LogP contribution in [0.25, 0.3) is 0 Å². The van der Waals surface area contributed by atoms with Crippen molar-refractivity contribution >= 4 is 17.5 Å². The van der Waals surface area contributed by atoms with Gasteiger partial charge in [0.1, 0.15) is 0 Å². The van der Waals surface area contributed by atoms with Crippen molar-refractivity contribution in [1.29, 1.82) is 0 Å². The molecule has 7 heteroatoms. The van der Waals surface area contributed by atoms with E-state index in [4.69, 9.17) is 5.73 Å². The van der Waals surface area contributed by atoms with Gasteiger partial charge in [-0.15, -0.1) is 0 Å². The summed E-state index contributed by atoms with van der Waals surface area (Å²) in [6.45, 7) is 3.53. The molecule has 1 amide bonds. The van der Waals surface area contributed by atoms with Crippen molar-refractivity contribution in [1.82, 2.24) is 10.3 Å². The molecule has 1 heterocycles. The van der Waals surface area contributed by atoms with Crippen LogP contribution in [-0.2, 0) is 4.79 Å². The number of amides is 1. The van der Waals surface area contributed by atoms with Crippen LogP contribution in [0.5, 0.6) is 0 Å². The molecule has 0 radical (unpaired) electrons. The van der Waals surface area contributed by atoms with Crippen molar-refractivity contribution in [3.8, 4) is 0 Å². The second-order valence-electron chi connectivity index (χ2n) is 4.24. The Kier molecular flexibility index (Phi) is 4.41. The van der Waals surface area contributed by atoms with Gasteiger partial charge in [0.2, 0.25) is 5.91 Å². The van der Waals surface area contributed by atoms with Gasteiger partial charge in [-0.3, -0.25) is 4.79 Å². The normalized spacial score (nSPS) is 10.6. The first-order chi connectivity index (χ1) is 8.31. The number of hydrogen-bond donors (Lipinski definition) is 2. The molecule has 0 saturated heterocycles. The first kappa shape index (κ1) is 14.1. The number of nitrogens with zero attached hydrogens (tertiary/aromatic N) is 2. The number of rotatable bonds is 4. The third-order valence-corrected chi connectivity index (χ3v) is 2.13. The van der Waals surface area contributed by atoms with E-state index in [-0.39, 0.29) is 24.3 Å². The van der Waals surface area contributed by atoms with Gasteiger partial charge in [0.05, 0.1) is 6.54 Å². The fraction of sp³-hybridized carbons (Fsp3) is 0.455. The van der Waals surface area contributed by atoms with Crippen LogP contribution >= 0.6 is 0 Å². The highest BCUT2D eigenvalue weighted by Crippen LogP contribution is 2.19. The summed E-state index contributed by atoms with van der Waals surface area (Å²) in [5.74, 6) is -2.62. The maximum absolute atomic E-state index is 13.5. The van der Waals surface area contributed by atoms with Crippen LogP contribution in [0.3, 0.4) is 0 Å². The van der Waals surface area contributed by atoms with E-state index in [1.807, 2.05) is 13.8 Å². The quantitative estimate of drug-likeness (QED) is 0.842. The molecule has 0 fully saturated rings. The average molecular weight is 258 g/mol. The second-order valence-corrected chi connectivity index (χ2v) is 4.24. The minimum Gasteiger partial charge on any atom is -0.381 e. The first-order valence-corrected chi connectivity index (χ1v) is 5.43. The summed E-state index contributed by atoms with van der Waals surface area (Å²) in [7, 11) is 1.47. The van der Waals surface area contributed by atoms with Crippen LogP contribution in [0.1, 0.15) is 13.8 Å². The topological polar surface area (TPSA) is 71.2 Å². The monoisotopic (exact) mass is 258 g/mol. The standard InChI is InChI=1S/C11H16F2N4O/c1-6(2)15-9(18)5-17(3)11-8(13)4-7(12)10(14)16-11/h4,6H,5H2,1-3H3,(H2,14,16)(H,15,18). The summed E-state index contributed by atoms with van der Waals surface area (Å²) >= 11 is 0. The van der Waals surface area contributed by atoms with E-state index in [1.54, 1.807) is 0 Å². The van der Waals surface area contributed by atoms with E-state index in [9.17, 15) is 13.6 Å². The number of hydrogen-bond acceptors (Lipinski definition) is 4. The van der Waals surface area contributed by atoms with Crippen molar-refractivity contribution in [3.05, 3.63) is 17.7 Å². The first-order valence-electron chi connectivity index (χ1n) is 5.43. The third-order valence-electron chi connectivity index (χ3n) is 2.13. The minimum absolute atomic E-state index is 0.0120. The molecular formula is C11H16F2N4O. The van der Waals surface area contributed by atoms with Crippen molar-refractivity contribution in [2.45, 2.75) is 19.9 Å². The summed E-state index contributed by atoms with van der Waals surface area (Å²) in [6, 6.07) is 0.635. The molecule has 0 aliphatic rings. The van der Waals surface area contributed by atoms with Gasteiger partial charge < -0.3 is 16.0 Å². The van der Waals surface area contributed by atoms with Gasteiger partial charge in [0, 0.05) is 19.2 Å². The Morgan fingerprint density at radius 3 is 2.67 bits per heavy atom. The van der Waals surface area contributed by atoms with Crippen LogP contribution in [-0.4, -0.2) is 30.5 Å². The van der Waals surface area contributed by atoms with E-state index in [0.29, 0.717) is 6.07 Å². The van der Waals surface area contributed by atoms with E-state index in [0.717, 1.165) is 0 Å². The Balaban J connectivity index is 2.81. The lowest BCUT2D eigenvalue weighted by Gasteiger charge is -2.19. The Labute approximate surface area is 104 Å². The van der Waals surface area contributed by atoms with Crippen molar-refractivity contribution < 1.29 is 13.6 Å². The zero-order chi connectivity index (χ0) is 13.9. The van der Waals surface area contributed by atoms with Gasteiger partial charge in [-0.25, -0.2) is 13.8 Å². The Morgan fingerprint density at radius 2 is 2.11 bits per heavy atom. The third kappa shape index (κ3) is 3.54. The van der Waals surface area contributed by atoms with Crippen LogP contribution in [0.4, 0.5) is 20.4 Å². The van der Waals surface area contributed by atoms with Gasteiger partial charge in [0.25, 0.3) is 0 Å². The summed E-state index contributed by atoms with van der Waals surface area (Å²) < 4.78 is 26.4. The molecule has 0 aliphatic carbocycles. The molecule has 0 aromatic carbocycles. The fourth-order valence-electron chi connectivity index (χ4n) is 1.40. The smallest absolute Gasteiger partial charge is 0.239 e. The van der Waals surface area contributed by atoms with Gasteiger partial charge in [-0.2, -0.15) is 0 Å². The molecule has 0 saturated carbocycles. The van der Waals surface area contributed by atoms with Crippen LogP contribution in [0, 0.1) is 11.6 Å². The number of carbonyl (C=O) groups is 1. The number of aromatic nitrogens is 1. The van der Waals surface area contributed by atoms with Crippen LogP contribution in [0.2, 0.25) is 0 Å².